The molecule has 0 bridgehead atoms. The summed E-state index contributed by atoms with van der Waals surface area (Å²) in [5.74, 6) is -0.222. The highest BCUT2D eigenvalue weighted by Crippen LogP contribution is 2.17. The van der Waals surface area contributed by atoms with E-state index < -0.39 is 0 Å². The molecule has 0 aliphatic carbocycles. The minimum absolute atomic E-state index is 0.222. The first-order valence-corrected chi connectivity index (χ1v) is 5.96. The van der Waals surface area contributed by atoms with Crippen LogP contribution in [0.15, 0.2) is 42.5 Å². The second-order valence-electron chi connectivity index (χ2n) is 4.26. The van der Waals surface area contributed by atoms with Crippen LogP contribution in [0.2, 0.25) is 0 Å². The molecule has 0 amide bonds. The van der Waals surface area contributed by atoms with Gasteiger partial charge in [-0.3, -0.25) is 0 Å². The van der Waals surface area contributed by atoms with Gasteiger partial charge in [0, 0.05) is 25.0 Å². The van der Waals surface area contributed by atoms with Gasteiger partial charge in [0.15, 0.2) is 0 Å². The molecule has 0 aliphatic rings. The standard InChI is InChI=1S/C15H17FN2/c1-11-6-7-12(8-15(11)17-2)10-18-14-5-3-4-13(16)9-14/h3-9,17-18H,10H2,1-2H3. The lowest BCUT2D eigenvalue weighted by atomic mass is 10.1. The summed E-state index contributed by atoms with van der Waals surface area (Å²) in [6, 6.07) is 12.7. The van der Waals surface area contributed by atoms with Crippen molar-refractivity contribution >= 4 is 11.4 Å². The lowest BCUT2D eigenvalue weighted by Crippen LogP contribution is -2.01. The van der Waals surface area contributed by atoms with E-state index in [4.69, 9.17) is 0 Å². The second-order valence-corrected chi connectivity index (χ2v) is 4.26. The zero-order valence-corrected chi connectivity index (χ0v) is 10.6. The Bertz CT molecular complexity index is 538. The predicted molar refractivity (Wildman–Crippen MR) is 74.5 cm³/mol. The summed E-state index contributed by atoms with van der Waals surface area (Å²) in [6.07, 6.45) is 0. The van der Waals surface area contributed by atoms with Gasteiger partial charge < -0.3 is 10.6 Å². The van der Waals surface area contributed by atoms with Crippen LogP contribution in [0.3, 0.4) is 0 Å². The van der Waals surface area contributed by atoms with Crippen LogP contribution in [0.25, 0.3) is 0 Å². The average molecular weight is 244 g/mol. The van der Waals surface area contributed by atoms with Crippen LogP contribution in [-0.4, -0.2) is 7.05 Å². The van der Waals surface area contributed by atoms with E-state index in [9.17, 15) is 4.39 Å². The SMILES string of the molecule is CNc1cc(CNc2cccc(F)c2)ccc1C. The molecule has 0 saturated heterocycles. The Labute approximate surface area is 107 Å². The first kappa shape index (κ1) is 12.4. The minimum atomic E-state index is -0.222. The predicted octanol–water partition coefficient (Wildman–Crippen LogP) is 3.79. The van der Waals surface area contributed by atoms with E-state index in [2.05, 4.69) is 35.8 Å². The van der Waals surface area contributed by atoms with Crippen LogP contribution in [0.5, 0.6) is 0 Å². The maximum absolute atomic E-state index is 13.0. The quantitative estimate of drug-likeness (QED) is 0.855. The summed E-state index contributed by atoms with van der Waals surface area (Å²) in [5.41, 5.74) is 4.29. The van der Waals surface area contributed by atoms with Gasteiger partial charge >= 0.3 is 0 Å². The van der Waals surface area contributed by atoms with Crippen molar-refractivity contribution < 1.29 is 4.39 Å². The molecular weight excluding hydrogens is 227 g/mol. The van der Waals surface area contributed by atoms with Crippen molar-refractivity contribution in [3.8, 4) is 0 Å². The van der Waals surface area contributed by atoms with Crippen LogP contribution in [0.4, 0.5) is 15.8 Å². The molecule has 0 spiro atoms. The normalized spacial score (nSPS) is 10.2. The fourth-order valence-electron chi connectivity index (χ4n) is 1.85. The van der Waals surface area contributed by atoms with Crippen molar-refractivity contribution in [2.24, 2.45) is 0 Å². The minimum Gasteiger partial charge on any atom is -0.388 e. The van der Waals surface area contributed by atoms with Crippen molar-refractivity contribution in [2.75, 3.05) is 17.7 Å². The molecule has 0 aromatic heterocycles. The lowest BCUT2D eigenvalue weighted by molar-refractivity contribution is 0.628. The summed E-state index contributed by atoms with van der Waals surface area (Å²) in [4.78, 5) is 0. The molecule has 2 aromatic rings. The second kappa shape index (κ2) is 5.54. The summed E-state index contributed by atoms with van der Waals surface area (Å²) in [7, 11) is 1.91. The van der Waals surface area contributed by atoms with Crippen LogP contribution in [-0.2, 0) is 6.54 Å². The van der Waals surface area contributed by atoms with E-state index in [1.54, 1.807) is 6.07 Å². The molecule has 0 heterocycles. The number of hydrogen-bond acceptors (Lipinski definition) is 2. The molecular formula is C15H17FN2. The molecule has 2 nitrogen and oxygen atoms in total. The van der Waals surface area contributed by atoms with Gasteiger partial charge in [-0.2, -0.15) is 0 Å². The van der Waals surface area contributed by atoms with E-state index >= 15 is 0 Å². The first-order chi connectivity index (χ1) is 8.69. The molecule has 2 N–H and O–H groups in total. The van der Waals surface area contributed by atoms with Gasteiger partial charge in [-0.1, -0.05) is 18.2 Å². The molecule has 0 fully saturated rings. The number of halogens is 1. The molecule has 0 radical (unpaired) electrons. The number of anilines is 2. The Hall–Kier alpha value is -2.03. The van der Waals surface area contributed by atoms with Crippen molar-refractivity contribution in [1.82, 2.24) is 0 Å². The van der Waals surface area contributed by atoms with E-state index in [0.29, 0.717) is 6.54 Å². The molecule has 0 unspecified atom stereocenters. The van der Waals surface area contributed by atoms with Gasteiger partial charge in [0.05, 0.1) is 0 Å². The van der Waals surface area contributed by atoms with Crippen LogP contribution in [0, 0.1) is 12.7 Å². The Morgan fingerprint density at radius 2 is 1.94 bits per heavy atom. The Morgan fingerprint density at radius 3 is 2.67 bits per heavy atom. The zero-order valence-electron chi connectivity index (χ0n) is 10.6. The Kier molecular flexibility index (Phi) is 3.82. The highest BCUT2D eigenvalue weighted by Gasteiger charge is 1.99. The average Bonchev–Trinajstić information content (AvgIpc) is 2.38. The van der Waals surface area contributed by atoms with Gasteiger partial charge in [-0.15, -0.1) is 0 Å². The first-order valence-electron chi connectivity index (χ1n) is 5.96. The molecule has 94 valence electrons. The van der Waals surface area contributed by atoms with Gasteiger partial charge in [-0.05, 0) is 42.3 Å². The van der Waals surface area contributed by atoms with Crippen molar-refractivity contribution in [2.45, 2.75) is 13.5 Å². The third-order valence-electron chi connectivity index (χ3n) is 2.89. The van der Waals surface area contributed by atoms with Crippen LogP contribution >= 0.6 is 0 Å². The Morgan fingerprint density at radius 1 is 1.11 bits per heavy atom. The van der Waals surface area contributed by atoms with E-state index in [-0.39, 0.29) is 5.82 Å². The van der Waals surface area contributed by atoms with Crippen molar-refractivity contribution in [3.63, 3.8) is 0 Å². The van der Waals surface area contributed by atoms with Crippen molar-refractivity contribution in [1.29, 1.82) is 0 Å². The molecule has 2 rings (SSSR count). The maximum atomic E-state index is 13.0. The lowest BCUT2D eigenvalue weighted by Gasteiger charge is -2.10. The highest BCUT2D eigenvalue weighted by atomic mass is 19.1. The van der Waals surface area contributed by atoms with Crippen LogP contribution < -0.4 is 10.6 Å². The van der Waals surface area contributed by atoms with Gasteiger partial charge in [0.25, 0.3) is 0 Å². The fraction of sp³-hybridized carbons (Fsp3) is 0.200. The molecule has 0 saturated carbocycles. The zero-order chi connectivity index (χ0) is 13.0. The summed E-state index contributed by atoms with van der Waals surface area (Å²) in [6.45, 7) is 2.74. The largest absolute Gasteiger partial charge is 0.388 e. The van der Waals surface area contributed by atoms with E-state index in [1.807, 2.05) is 13.1 Å². The van der Waals surface area contributed by atoms with Gasteiger partial charge in [-0.25, -0.2) is 4.39 Å². The number of aryl methyl sites for hydroxylation is 1. The summed E-state index contributed by atoms with van der Waals surface area (Å²) < 4.78 is 13.0. The van der Waals surface area contributed by atoms with Crippen molar-refractivity contribution in [3.05, 3.63) is 59.4 Å². The van der Waals surface area contributed by atoms with Gasteiger partial charge in [0.2, 0.25) is 0 Å². The summed E-state index contributed by atoms with van der Waals surface area (Å²) >= 11 is 0. The third kappa shape index (κ3) is 3.00. The van der Waals surface area contributed by atoms with E-state index in [0.717, 1.165) is 16.9 Å². The Balaban J connectivity index is 2.06. The number of rotatable bonds is 4. The van der Waals surface area contributed by atoms with Crippen LogP contribution in [0.1, 0.15) is 11.1 Å². The smallest absolute Gasteiger partial charge is 0.125 e. The molecule has 0 aliphatic heterocycles. The van der Waals surface area contributed by atoms with E-state index in [1.165, 1.54) is 17.7 Å². The summed E-state index contributed by atoms with van der Waals surface area (Å²) in [5, 5.41) is 6.36. The molecule has 18 heavy (non-hydrogen) atoms. The molecule has 0 atom stereocenters. The fourth-order valence-corrected chi connectivity index (χ4v) is 1.85. The number of nitrogens with one attached hydrogen (secondary N) is 2. The monoisotopic (exact) mass is 244 g/mol. The third-order valence-corrected chi connectivity index (χ3v) is 2.89. The molecule has 3 heteroatoms. The number of benzene rings is 2. The molecule has 2 aromatic carbocycles. The number of hydrogen-bond donors (Lipinski definition) is 2. The topological polar surface area (TPSA) is 24.1 Å². The van der Waals surface area contributed by atoms with Gasteiger partial charge in [0.1, 0.15) is 5.82 Å². The highest BCUT2D eigenvalue weighted by molar-refractivity contribution is 5.53. The maximum Gasteiger partial charge on any atom is 0.125 e.